The van der Waals surface area contributed by atoms with Gasteiger partial charge in [0.25, 0.3) is 0 Å². The maximum Gasteiger partial charge on any atom is 0.153 e. The third-order valence-corrected chi connectivity index (χ3v) is 5.07. The van der Waals surface area contributed by atoms with Crippen LogP contribution in [-0.4, -0.2) is 18.4 Å². The summed E-state index contributed by atoms with van der Waals surface area (Å²) in [6.07, 6.45) is 3.71. The number of hydrogen-bond acceptors (Lipinski definition) is 6. The first-order valence-electron chi connectivity index (χ1n) is 8.75. The van der Waals surface area contributed by atoms with Gasteiger partial charge in [-0.1, -0.05) is 23.7 Å². The van der Waals surface area contributed by atoms with Gasteiger partial charge in [-0.25, -0.2) is 0 Å². The Morgan fingerprint density at radius 2 is 1.97 bits per heavy atom. The van der Waals surface area contributed by atoms with Gasteiger partial charge in [0, 0.05) is 29.6 Å². The first kappa shape index (κ1) is 21.6. The van der Waals surface area contributed by atoms with Crippen LogP contribution in [0.25, 0.3) is 0 Å². The lowest BCUT2D eigenvalue weighted by molar-refractivity contribution is 0.111. The number of benzene rings is 2. The van der Waals surface area contributed by atoms with E-state index in [0.717, 1.165) is 10.0 Å². The second-order valence-corrected chi connectivity index (χ2v) is 7.40. The summed E-state index contributed by atoms with van der Waals surface area (Å²) in [7, 11) is 1.58. The molecule has 0 fully saturated rings. The molecule has 152 valence electrons. The molecule has 0 aliphatic heterocycles. The molecule has 30 heavy (non-hydrogen) atoms. The molecule has 0 unspecified atom stereocenters. The van der Waals surface area contributed by atoms with Crippen LogP contribution in [0.4, 0.5) is 0 Å². The normalized spacial score (nSPS) is 10.2. The first-order chi connectivity index (χ1) is 14.5. The van der Waals surface area contributed by atoms with Gasteiger partial charge in [-0.15, -0.1) is 0 Å². The number of carbonyl (C=O) groups excluding carboxylic acids is 1. The summed E-state index contributed by atoms with van der Waals surface area (Å²) in [5.41, 5.74) is 2.23. The highest BCUT2D eigenvalue weighted by molar-refractivity contribution is 9.10. The number of halogens is 2. The Balaban J connectivity index is 1.80. The molecule has 3 rings (SSSR count). The number of nitriles is 1. The van der Waals surface area contributed by atoms with Crippen LogP contribution in [0.5, 0.6) is 17.2 Å². The Labute approximate surface area is 187 Å². The van der Waals surface area contributed by atoms with Crippen molar-refractivity contribution >= 4 is 33.8 Å². The summed E-state index contributed by atoms with van der Waals surface area (Å²) in [5, 5.41) is 9.27. The number of aromatic nitrogens is 1. The van der Waals surface area contributed by atoms with Crippen molar-refractivity contribution in [3.63, 3.8) is 0 Å². The molecule has 0 N–H and O–H groups in total. The summed E-state index contributed by atoms with van der Waals surface area (Å²) in [4.78, 5) is 15.4. The number of hydrogen-bond donors (Lipinski definition) is 0. The number of nitrogens with zero attached hydrogens (tertiary/aromatic N) is 2. The molecule has 0 spiro atoms. The van der Waals surface area contributed by atoms with Gasteiger partial charge >= 0.3 is 0 Å². The number of aldehydes is 1. The predicted molar refractivity (Wildman–Crippen MR) is 115 cm³/mol. The number of carbonyl (C=O) groups is 1. The van der Waals surface area contributed by atoms with Gasteiger partial charge in [0.1, 0.15) is 36.5 Å². The summed E-state index contributed by atoms with van der Waals surface area (Å²) < 4.78 is 17.9. The molecule has 1 aromatic heterocycles. The summed E-state index contributed by atoms with van der Waals surface area (Å²) >= 11 is 9.72. The number of ether oxygens (including phenoxy) is 3. The fourth-order valence-corrected chi connectivity index (χ4v) is 3.51. The predicted octanol–water partition coefficient (Wildman–Crippen LogP) is 5.35. The van der Waals surface area contributed by atoms with Gasteiger partial charge < -0.3 is 14.2 Å². The van der Waals surface area contributed by atoms with E-state index in [1.165, 1.54) is 12.3 Å². The maximum atomic E-state index is 11.4. The second-order valence-electron chi connectivity index (χ2n) is 6.14. The van der Waals surface area contributed by atoms with Crippen molar-refractivity contribution in [2.45, 2.75) is 13.2 Å². The zero-order valence-corrected chi connectivity index (χ0v) is 18.2. The lowest BCUT2D eigenvalue weighted by Gasteiger charge is -2.15. The van der Waals surface area contributed by atoms with Crippen molar-refractivity contribution in [1.82, 2.24) is 4.98 Å². The molecule has 0 saturated heterocycles. The van der Waals surface area contributed by atoms with E-state index >= 15 is 0 Å². The van der Waals surface area contributed by atoms with Crippen molar-refractivity contribution in [3.05, 3.63) is 80.5 Å². The van der Waals surface area contributed by atoms with Gasteiger partial charge in [-0.3, -0.25) is 9.78 Å². The molecule has 0 atom stereocenters. The monoisotopic (exact) mass is 486 g/mol. The van der Waals surface area contributed by atoms with E-state index in [9.17, 15) is 4.79 Å². The van der Waals surface area contributed by atoms with Crippen molar-refractivity contribution in [2.75, 3.05) is 7.11 Å². The number of pyridine rings is 1. The number of para-hydroxylation sites is 1. The van der Waals surface area contributed by atoms with Crippen LogP contribution in [0, 0.1) is 11.3 Å². The zero-order chi connectivity index (χ0) is 21.5. The second kappa shape index (κ2) is 10.1. The zero-order valence-electron chi connectivity index (χ0n) is 15.9. The lowest BCUT2D eigenvalue weighted by Crippen LogP contribution is -2.02. The lowest BCUT2D eigenvalue weighted by atomic mass is 10.2. The Morgan fingerprint density at radius 1 is 1.17 bits per heavy atom. The molecule has 0 radical (unpaired) electrons. The third kappa shape index (κ3) is 5.09. The molecule has 1 heterocycles. The van der Waals surface area contributed by atoms with Crippen LogP contribution in [0.1, 0.15) is 27.0 Å². The SMILES string of the molecule is COc1c(Br)cccc1COc1cc(OCc2cncc(C#N)c2)c(C=O)cc1Cl. The summed E-state index contributed by atoms with van der Waals surface area (Å²) in [6.45, 7) is 0.334. The molecule has 0 amide bonds. The van der Waals surface area contributed by atoms with Gasteiger partial charge in [-0.05, 0) is 34.1 Å². The van der Waals surface area contributed by atoms with Crippen LogP contribution in [-0.2, 0) is 13.2 Å². The Hall–Kier alpha value is -3.08. The average molecular weight is 488 g/mol. The van der Waals surface area contributed by atoms with Crippen molar-refractivity contribution < 1.29 is 19.0 Å². The van der Waals surface area contributed by atoms with Crippen LogP contribution in [0.15, 0.2) is 53.3 Å². The van der Waals surface area contributed by atoms with E-state index in [4.69, 9.17) is 31.1 Å². The summed E-state index contributed by atoms with van der Waals surface area (Å²) in [5.74, 6) is 1.34. The highest BCUT2D eigenvalue weighted by Gasteiger charge is 2.13. The molecule has 8 heteroatoms. The van der Waals surface area contributed by atoms with Gasteiger partial charge in [-0.2, -0.15) is 5.26 Å². The van der Waals surface area contributed by atoms with E-state index in [-0.39, 0.29) is 23.8 Å². The van der Waals surface area contributed by atoms with Crippen LogP contribution in [0.3, 0.4) is 0 Å². The van der Waals surface area contributed by atoms with Gasteiger partial charge in [0.15, 0.2) is 6.29 Å². The topological polar surface area (TPSA) is 81.4 Å². The summed E-state index contributed by atoms with van der Waals surface area (Å²) in [6, 6.07) is 12.4. The highest BCUT2D eigenvalue weighted by Crippen LogP contribution is 2.35. The van der Waals surface area contributed by atoms with Crippen LogP contribution >= 0.6 is 27.5 Å². The quantitative estimate of drug-likeness (QED) is 0.399. The van der Waals surface area contributed by atoms with E-state index in [0.29, 0.717) is 34.7 Å². The molecule has 6 nitrogen and oxygen atoms in total. The third-order valence-electron chi connectivity index (χ3n) is 4.15. The van der Waals surface area contributed by atoms with Gasteiger partial charge in [0.05, 0.1) is 27.7 Å². The molecule has 0 saturated carbocycles. The Kier molecular flexibility index (Phi) is 7.28. The van der Waals surface area contributed by atoms with E-state index < -0.39 is 0 Å². The smallest absolute Gasteiger partial charge is 0.153 e. The molecule has 0 bridgehead atoms. The van der Waals surface area contributed by atoms with E-state index in [1.807, 2.05) is 24.3 Å². The van der Waals surface area contributed by atoms with Crippen LogP contribution in [0.2, 0.25) is 5.02 Å². The van der Waals surface area contributed by atoms with Crippen LogP contribution < -0.4 is 14.2 Å². The van der Waals surface area contributed by atoms with Crippen molar-refractivity contribution in [2.24, 2.45) is 0 Å². The minimum absolute atomic E-state index is 0.129. The molecule has 0 aliphatic rings. The Bertz CT molecular complexity index is 1110. The van der Waals surface area contributed by atoms with Crippen molar-refractivity contribution in [3.8, 4) is 23.3 Å². The molecular weight excluding hydrogens is 472 g/mol. The first-order valence-corrected chi connectivity index (χ1v) is 9.92. The maximum absolute atomic E-state index is 11.4. The number of rotatable bonds is 8. The average Bonchev–Trinajstić information content (AvgIpc) is 2.77. The number of methoxy groups -OCH3 is 1. The Morgan fingerprint density at radius 3 is 2.70 bits per heavy atom. The molecular formula is C22H16BrClN2O4. The standard InChI is InChI=1S/C22H16BrClN2O4/c1-28-22-16(3-2-4-18(22)23)13-30-21-7-20(17(11-27)6-19(21)24)29-12-15-5-14(8-25)9-26-10-15/h2-7,9-11H,12-13H2,1H3. The molecule has 3 aromatic rings. The van der Waals surface area contributed by atoms with E-state index in [1.54, 1.807) is 25.4 Å². The largest absolute Gasteiger partial charge is 0.495 e. The minimum atomic E-state index is 0.129. The minimum Gasteiger partial charge on any atom is -0.495 e. The van der Waals surface area contributed by atoms with Gasteiger partial charge in [0.2, 0.25) is 0 Å². The van der Waals surface area contributed by atoms with E-state index in [2.05, 4.69) is 20.9 Å². The van der Waals surface area contributed by atoms with Crippen molar-refractivity contribution in [1.29, 1.82) is 5.26 Å². The fraction of sp³-hybridized carbons (Fsp3) is 0.136. The molecule has 2 aromatic carbocycles. The highest BCUT2D eigenvalue weighted by atomic mass is 79.9. The fourth-order valence-electron chi connectivity index (χ4n) is 2.72. The molecule has 0 aliphatic carbocycles.